The molecule has 0 bridgehead atoms. The highest BCUT2D eigenvalue weighted by Crippen LogP contribution is 2.35. The van der Waals surface area contributed by atoms with Crippen LogP contribution >= 0.6 is 11.3 Å². The summed E-state index contributed by atoms with van der Waals surface area (Å²) in [6, 6.07) is 12.4. The lowest BCUT2D eigenvalue weighted by Crippen LogP contribution is -2.15. The van der Waals surface area contributed by atoms with Gasteiger partial charge in [-0.25, -0.2) is 4.98 Å². The fourth-order valence-corrected chi connectivity index (χ4v) is 3.72. The molecule has 0 atom stereocenters. The van der Waals surface area contributed by atoms with Crippen LogP contribution in [0.2, 0.25) is 0 Å². The fraction of sp³-hybridized carbons (Fsp3) is 0.100. The van der Waals surface area contributed by atoms with Gasteiger partial charge in [-0.3, -0.25) is 9.20 Å². The first-order chi connectivity index (χ1) is 13.9. The Balaban J connectivity index is 1.67. The first kappa shape index (κ1) is 19.0. The number of nitrogens with one attached hydrogen (secondary N) is 1. The fourth-order valence-electron chi connectivity index (χ4n) is 2.86. The number of halogens is 3. The van der Waals surface area contributed by atoms with Gasteiger partial charge >= 0.3 is 6.18 Å². The summed E-state index contributed by atoms with van der Waals surface area (Å²) in [5.41, 5.74) is 0.921. The lowest BCUT2D eigenvalue weighted by Gasteiger charge is -2.13. The summed E-state index contributed by atoms with van der Waals surface area (Å²) >= 11 is 1.27. The van der Waals surface area contributed by atoms with Gasteiger partial charge in [-0.05, 0) is 18.2 Å². The molecule has 2 heterocycles. The number of fused-ring (bicyclic) bond motifs is 1. The maximum absolute atomic E-state index is 13.0. The summed E-state index contributed by atoms with van der Waals surface area (Å²) in [5.74, 6) is -0.431. The highest BCUT2D eigenvalue weighted by atomic mass is 32.1. The highest BCUT2D eigenvalue weighted by molar-refractivity contribution is 7.15. The third-order valence-electron chi connectivity index (χ3n) is 4.29. The molecule has 29 heavy (non-hydrogen) atoms. The van der Waals surface area contributed by atoms with E-state index < -0.39 is 17.6 Å². The molecule has 0 saturated carbocycles. The summed E-state index contributed by atoms with van der Waals surface area (Å²) < 4.78 is 45.8. The molecule has 1 amide bonds. The maximum Gasteiger partial charge on any atom is 0.416 e. The van der Waals surface area contributed by atoms with E-state index in [1.54, 1.807) is 16.0 Å². The largest absolute Gasteiger partial charge is 0.495 e. The van der Waals surface area contributed by atoms with Gasteiger partial charge in [-0.1, -0.05) is 30.3 Å². The van der Waals surface area contributed by atoms with Crippen LogP contribution in [0.4, 0.5) is 18.9 Å². The number of carbonyl (C=O) groups is 1. The lowest BCUT2D eigenvalue weighted by atomic mass is 10.1. The van der Waals surface area contributed by atoms with E-state index in [2.05, 4.69) is 10.3 Å². The first-order valence-electron chi connectivity index (χ1n) is 8.45. The van der Waals surface area contributed by atoms with Crippen molar-refractivity contribution in [2.75, 3.05) is 12.4 Å². The van der Waals surface area contributed by atoms with Gasteiger partial charge < -0.3 is 10.1 Å². The minimum atomic E-state index is -4.53. The number of carbonyl (C=O) groups excluding carboxylic acids is 1. The summed E-state index contributed by atoms with van der Waals surface area (Å²) in [4.78, 5) is 17.9. The van der Waals surface area contributed by atoms with E-state index in [4.69, 9.17) is 4.74 Å². The Bertz CT molecular complexity index is 1180. The molecule has 0 saturated heterocycles. The standard InChI is InChI=1S/C20H14F3N3O2S/c1-28-17-8-7-13(20(21,22)23)9-14(17)24-18(27)16-11-29-19-25-15(10-26(16)19)12-5-3-2-4-6-12/h2-11H,1H3,(H,24,27). The van der Waals surface area contributed by atoms with Crippen molar-refractivity contribution in [2.24, 2.45) is 0 Å². The summed E-state index contributed by atoms with van der Waals surface area (Å²) in [7, 11) is 1.32. The Hall–Kier alpha value is -3.33. The number of hydrogen-bond acceptors (Lipinski definition) is 4. The van der Waals surface area contributed by atoms with Crippen molar-refractivity contribution >= 4 is 27.9 Å². The Morgan fingerprint density at radius 2 is 1.93 bits per heavy atom. The maximum atomic E-state index is 13.0. The zero-order chi connectivity index (χ0) is 20.6. The Morgan fingerprint density at radius 3 is 2.62 bits per heavy atom. The molecule has 0 aliphatic heterocycles. The monoisotopic (exact) mass is 417 g/mol. The van der Waals surface area contributed by atoms with Crippen LogP contribution in [0.3, 0.4) is 0 Å². The average molecular weight is 417 g/mol. The molecule has 0 unspecified atom stereocenters. The van der Waals surface area contributed by atoms with Crippen molar-refractivity contribution in [1.82, 2.24) is 9.38 Å². The smallest absolute Gasteiger partial charge is 0.416 e. The van der Waals surface area contributed by atoms with Crippen molar-refractivity contribution in [2.45, 2.75) is 6.18 Å². The number of ether oxygens (including phenoxy) is 1. The lowest BCUT2D eigenvalue weighted by molar-refractivity contribution is -0.137. The number of amides is 1. The molecule has 148 valence electrons. The molecule has 1 N–H and O–H groups in total. The molecule has 0 spiro atoms. The number of imidazole rings is 1. The molecule has 4 aromatic rings. The number of benzene rings is 2. The van der Waals surface area contributed by atoms with Crippen LogP contribution in [0.25, 0.3) is 16.2 Å². The predicted octanol–water partition coefficient (Wildman–Crippen LogP) is 5.34. The minimum Gasteiger partial charge on any atom is -0.495 e. The molecule has 0 aliphatic rings. The van der Waals surface area contributed by atoms with Crippen LogP contribution in [0.5, 0.6) is 5.75 Å². The summed E-state index contributed by atoms with van der Waals surface area (Å²) in [5, 5.41) is 4.12. The van der Waals surface area contributed by atoms with Crippen LogP contribution in [0.1, 0.15) is 16.1 Å². The summed E-state index contributed by atoms with van der Waals surface area (Å²) in [6.07, 6.45) is -2.81. The second-order valence-corrected chi connectivity index (χ2v) is 6.97. The number of thiazole rings is 1. The molecular weight excluding hydrogens is 403 g/mol. The molecule has 0 fully saturated rings. The van der Waals surface area contributed by atoms with Gasteiger partial charge in [0.25, 0.3) is 5.91 Å². The molecular formula is C20H14F3N3O2S. The van der Waals surface area contributed by atoms with Gasteiger partial charge in [0.2, 0.25) is 0 Å². The molecule has 2 aromatic carbocycles. The zero-order valence-electron chi connectivity index (χ0n) is 15.0. The molecule has 4 rings (SSSR count). The van der Waals surface area contributed by atoms with E-state index in [0.717, 1.165) is 17.7 Å². The summed E-state index contributed by atoms with van der Waals surface area (Å²) in [6.45, 7) is 0. The Morgan fingerprint density at radius 1 is 1.17 bits per heavy atom. The number of hydrogen-bond donors (Lipinski definition) is 1. The number of aromatic nitrogens is 2. The van der Waals surface area contributed by atoms with Crippen LogP contribution in [-0.2, 0) is 6.18 Å². The molecule has 5 nitrogen and oxygen atoms in total. The third-order valence-corrected chi connectivity index (χ3v) is 5.13. The topological polar surface area (TPSA) is 55.6 Å². The SMILES string of the molecule is COc1ccc(C(F)(F)F)cc1NC(=O)c1csc2nc(-c3ccccc3)cn12. The quantitative estimate of drug-likeness (QED) is 0.488. The normalized spacial score (nSPS) is 11.6. The van der Waals surface area contributed by atoms with Crippen molar-refractivity contribution in [3.8, 4) is 17.0 Å². The minimum absolute atomic E-state index is 0.0601. The van der Waals surface area contributed by atoms with E-state index in [1.165, 1.54) is 24.5 Å². The van der Waals surface area contributed by atoms with Crippen LogP contribution in [0, 0.1) is 0 Å². The second-order valence-electron chi connectivity index (χ2n) is 6.13. The number of rotatable bonds is 4. The van der Waals surface area contributed by atoms with Gasteiger partial charge in [0, 0.05) is 17.1 Å². The molecule has 0 radical (unpaired) electrons. The number of anilines is 1. The molecule has 9 heteroatoms. The predicted molar refractivity (Wildman–Crippen MR) is 104 cm³/mol. The van der Waals surface area contributed by atoms with Gasteiger partial charge in [0.1, 0.15) is 11.4 Å². The highest BCUT2D eigenvalue weighted by Gasteiger charge is 2.31. The third kappa shape index (κ3) is 3.68. The van der Waals surface area contributed by atoms with Crippen molar-refractivity contribution in [3.05, 3.63) is 71.4 Å². The number of nitrogens with zero attached hydrogens (tertiary/aromatic N) is 2. The first-order valence-corrected chi connectivity index (χ1v) is 9.33. The van der Waals surface area contributed by atoms with Gasteiger partial charge in [0.15, 0.2) is 4.96 Å². The molecule has 0 aliphatic carbocycles. The van der Waals surface area contributed by atoms with E-state index in [1.807, 2.05) is 30.3 Å². The van der Waals surface area contributed by atoms with Crippen molar-refractivity contribution in [3.63, 3.8) is 0 Å². The molecule has 2 aromatic heterocycles. The number of alkyl halides is 3. The van der Waals surface area contributed by atoms with Gasteiger partial charge in [0.05, 0.1) is 24.1 Å². The van der Waals surface area contributed by atoms with Crippen LogP contribution in [-0.4, -0.2) is 22.4 Å². The zero-order valence-corrected chi connectivity index (χ0v) is 15.8. The van der Waals surface area contributed by atoms with E-state index >= 15 is 0 Å². The second kappa shape index (κ2) is 7.25. The van der Waals surface area contributed by atoms with Gasteiger partial charge in [-0.15, -0.1) is 11.3 Å². The van der Waals surface area contributed by atoms with Gasteiger partial charge in [-0.2, -0.15) is 13.2 Å². The number of methoxy groups -OCH3 is 1. The van der Waals surface area contributed by atoms with E-state index in [9.17, 15) is 18.0 Å². The van der Waals surface area contributed by atoms with Crippen molar-refractivity contribution < 1.29 is 22.7 Å². The average Bonchev–Trinajstić information content (AvgIpc) is 3.28. The Kier molecular flexibility index (Phi) is 4.75. The Labute approximate surface area is 167 Å². The van der Waals surface area contributed by atoms with Crippen molar-refractivity contribution in [1.29, 1.82) is 0 Å². The van der Waals surface area contributed by atoms with E-state index in [-0.39, 0.29) is 17.1 Å². The van der Waals surface area contributed by atoms with E-state index in [0.29, 0.717) is 10.7 Å². The van der Waals surface area contributed by atoms with Crippen LogP contribution in [0.15, 0.2) is 60.1 Å². The van der Waals surface area contributed by atoms with Crippen LogP contribution < -0.4 is 10.1 Å².